The first-order chi connectivity index (χ1) is 10.9. The summed E-state index contributed by atoms with van der Waals surface area (Å²) in [5.74, 6) is 1.08. The van der Waals surface area contributed by atoms with Gasteiger partial charge in [-0.3, -0.25) is 4.79 Å². The molecule has 2 unspecified atom stereocenters. The number of hydrogen-bond donors (Lipinski definition) is 1. The van der Waals surface area contributed by atoms with E-state index in [-0.39, 0.29) is 24.3 Å². The van der Waals surface area contributed by atoms with Crippen molar-refractivity contribution in [1.82, 2.24) is 9.80 Å². The number of carbonyl (C=O) groups excluding carboxylic acids is 1. The third-order valence-electron chi connectivity index (χ3n) is 4.60. The maximum atomic E-state index is 12.3. The van der Waals surface area contributed by atoms with Crippen LogP contribution in [0.25, 0.3) is 0 Å². The van der Waals surface area contributed by atoms with Crippen molar-refractivity contribution in [2.24, 2.45) is 11.8 Å². The number of fused-ring (bicyclic) bond motifs is 1. The summed E-state index contributed by atoms with van der Waals surface area (Å²) in [5, 5.41) is 9.65. The monoisotopic (exact) mass is 338 g/mol. The average molecular weight is 339 g/mol. The number of likely N-dealkylation sites (tertiary alicyclic amines) is 2. The van der Waals surface area contributed by atoms with Gasteiger partial charge in [0.15, 0.2) is 6.61 Å². The molecule has 3 rings (SSSR count). The summed E-state index contributed by atoms with van der Waals surface area (Å²) >= 11 is 5.90. The fourth-order valence-electron chi connectivity index (χ4n) is 3.36. The van der Waals surface area contributed by atoms with Gasteiger partial charge in [-0.1, -0.05) is 11.6 Å². The maximum absolute atomic E-state index is 12.3. The number of amides is 2. The molecule has 124 valence electrons. The van der Waals surface area contributed by atoms with Crippen molar-refractivity contribution >= 4 is 23.6 Å². The van der Waals surface area contributed by atoms with Crippen LogP contribution in [0.4, 0.5) is 4.79 Å². The van der Waals surface area contributed by atoms with Crippen molar-refractivity contribution in [1.29, 1.82) is 0 Å². The van der Waals surface area contributed by atoms with E-state index in [1.807, 2.05) is 6.92 Å². The maximum Gasteiger partial charge on any atom is 0.407 e. The zero-order valence-electron chi connectivity index (χ0n) is 12.9. The van der Waals surface area contributed by atoms with Gasteiger partial charge >= 0.3 is 6.09 Å². The van der Waals surface area contributed by atoms with Gasteiger partial charge in [-0.05, 0) is 30.7 Å². The van der Waals surface area contributed by atoms with Gasteiger partial charge < -0.3 is 19.6 Å². The standard InChI is InChI=1S/C16H19ClN2O4/c1-10-4-13(17)2-3-14(10)23-9-15(20)18-5-11-7-19(16(21)22)8-12(11)6-18/h2-4,11-12H,5-9H2,1H3,(H,21,22). The molecular weight excluding hydrogens is 320 g/mol. The minimum atomic E-state index is -0.876. The lowest BCUT2D eigenvalue weighted by atomic mass is 10.0. The molecule has 2 heterocycles. The fraction of sp³-hybridized carbons (Fsp3) is 0.500. The molecule has 0 bridgehead atoms. The van der Waals surface area contributed by atoms with Crippen LogP contribution in [-0.2, 0) is 4.79 Å². The Morgan fingerprint density at radius 2 is 1.83 bits per heavy atom. The summed E-state index contributed by atoms with van der Waals surface area (Å²) in [4.78, 5) is 26.5. The zero-order valence-corrected chi connectivity index (χ0v) is 13.6. The van der Waals surface area contributed by atoms with Crippen LogP contribution < -0.4 is 4.74 Å². The van der Waals surface area contributed by atoms with Crippen molar-refractivity contribution in [2.45, 2.75) is 6.92 Å². The highest BCUT2D eigenvalue weighted by Crippen LogP contribution is 2.31. The number of aryl methyl sites for hydroxylation is 1. The smallest absolute Gasteiger partial charge is 0.407 e. The van der Waals surface area contributed by atoms with Crippen molar-refractivity contribution in [2.75, 3.05) is 32.8 Å². The van der Waals surface area contributed by atoms with E-state index < -0.39 is 6.09 Å². The number of rotatable bonds is 3. The summed E-state index contributed by atoms with van der Waals surface area (Å²) in [6.07, 6.45) is -0.876. The Bertz CT molecular complexity index is 623. The van der Waals surface area contributed by atoms with Gasteiger partial charge in [0.2, 0.25) is 0 Å². The Kier molecular flexibility index (Phi) is 4.35. The number of benzene rings is 1. The summed E-state index contributed by atoms with van der Waals surface area (Å²) in [5.41, 5.74) is 0.890. The molecule has 2 amide bonds. The molecule has 2 aliphatic rings. The van der Waals surface area contributed by atoms with E-state index in [2.05, 4.69) is 0 Å². The normalized spacial score (nSPS) is 23.0. The molecule has 1 aromatic rings. The molecular formula is C16H19ClN2O4. The molecule has 1 aromatic carbocycles. The zero-order chi connectivity index (χ0) is 16.6. The molecule has 2 saturated heterocycles. The van der Waals surface area contributed by atoms with Crippen LogP contribution in [0, 0.1) is 18.8 Å². The van der Waals surface area contributed by atoms with Crippen LogP contribution in [0.2, 0.25) is 5.02 Å². The van der Waals surface area contributed by atoms with E-state index in [0.717, 1.165) is 5.56 Å². The number of carbonyl (C=O) groups is 2. The Morgan fingerprint density at radius 1 is 1.22 bits per heavy atom. The third kappa shape index (κ3) is 3.37. The Labute approximate surface area is 139 Å². The van der Waals surface area contributed by atoms with Gasteiger partial charge in [-0.15, -0.1) is 0 Å². The Morgan fingerprint density at radius 3 is 2.39 bits per heavy atom. The van der Waals surface area contributed by atoms with Crippen LogP contribution >= 0.6 is 11.6 Å². The molecule has 2 atom stereocenters. The van der Waals surface area contributed by atoms with Gasteiger partial charge in [-0.2, -0.15) is 0 Å². The molecule has 0 aromatic heterocycles. The van der Waals surface area contributed by atoms with Crippen LogP contribution in [0.3, 0.4) is 0 Å². The van der Waals surface area contributed by atoms with E-state index in [9.17, 15) is 9.59 Å². The minimum Gasteiger partial charge on any atom is -0.483 e. The van der Waals surface area contributed by atoms with Gasteiger partial charge in [0.1, 0.15) is 5.75 Å². The second kappa shape index (κ2) is 6.28. The highest BCUT2D eigenvalue weighted by molar-refractivity contribution is 6.30. The number of ether oxygens (including phenoxy) is 1. The minimum absolute atomic E-state index is 0.00937. The highest BCUT2D eigenvalue weighted by atomic mass is 35.5. The fourth-order valence-corrected chi connectivity index (χ4v) is 3.59. The topological polar surface area (TPSA) is 70.1 Å². The second-order valence-electron chi connectivity index (χ2n) is 6.20. The summed E-state index contributed by atoms with van der Waals surface area (Å²) in [6.45, 7) is 4.12. The first kappa shape index (κ1) is 15.9. The average Bonchev–Trinajstić information content (AvgIpc) is 3.04. The quantitative estimate of drug-likeness (QED) is 0.916. The Hall–Kier alpha value is -1.95. The molecule has 0 radical (unpaired) electrons. The van der Waals surface area contributed by atoms with Crippen LogP contribution in [0.15, 0.2) is 18.2 Å². The largest absolute Gasteiger partial charge is 0.483 e. The number of hydrogen-bond acceptors (Lipinski definition) is 3. The predicted octanol–water partition coefficient (Wildman–Crippen LogP) is 2.10. The summed E-state index contributed by atoms with van der Waals surface area (Å²) in [6, 6.07) is 5.28. The summed E-state index contributed by atoms with van der Waals surface area (Å²) < 4.78 is 5.59. The number of nitrogens with zero attached hydrogens (tertiary/aromatic N) is 2. The number of carboxylic acid groups (broad SMARTS) is 1. The highest BCUT2D eigenvalue weighted by Gasteiger charge is 2.43. The lowest BCUT2D eigenvalue weighted by molar-refractivity contribution is -0.132. The second-order valence-corrected chi connectivity index (χ2v) is 6.64. The lowest BCUT2D eigenvalue weighted by Crippen LogP contribution is -2.37. The first-order valence-corrected chi connectivity index (χ1v) is 7.96. The first-order valence-electron chi connectivity index (χ1n) is 7.58. The molecule has 7 heteroatoms. The molecule has 6 nitrogen and oxygen atoms in total. The van der Waals surface area contributed by atoms with E-state index in [1.165, 1.54) is 4.90 Å². The van der Waals surface area contributed by atoms with Crippen LogP contribution in [-0.4, -0.2) is 59.7 Å². The molecule has 23 heavy (non-hydrogen) atoms. The van der Waals surface area contributed by atoms with E-state index >= 15 is 0 Å². The van der Waals surface area contributed by atoms with Gasteiger partial charge in [0.25, 0.3) is 5.91 Å². The number of halogens is 1. The van der Waals surface area contributed by atoms with Crippen molar-refractivity contribution in [3.8, 4) is 5.75 Å². The van der Waals surface area contributed by atoms with Crippen LogP contribution in [0.1, 0.15) is 5.56 Å². The molecule has 2 fully saturated rings. The third-order valence-corrected chi connectivity index (χ3v) is 4.83. The Balaban J connectivity index is 1.52. The van der Waals surface area contributed by atoms with Crippen LogP contribution in [0.5, 0.6) is 5.75 Å². The van der Waals surface area contributed by atoms with Gasteiger partial charge in [-0.25, -0.2) is 4.79 Å². The van der Waals surface area contributed by atoms with E-state index in [1.54, 1.807) is 23.1 Å². The molecule has 0 spiro atoms. The predicted molar refractivity (Wildman–Crippen MR) is 84.8 cm³/mol. The SMILES string of the molecule is Cc1cc(Cl)ccc1OCC(=O)N1CC2CN(C(=O)O)CC2C1. The van der Waals surface area contributed by atoms with E-state index in [0.29, 0.717) is 37.0 Å². The van der Waals surface area contributed by atoms with Gasteiger partial charge in [0, 0.05) is 43.0 Å². The lowest BCUT2D eigenvalue weighted by Gasteiger charge is -2.20. The molecule has 0 saturated carbocycles. The molecule has 0 aliphatic carbocycles. The van der Waals surface area contributed by atoms with E-state index in [4.69, 9.17) is 21.4 Å². The van der Waals surface area contributed by atoms with Crippen molar-refractivity contribution in [3.63, 3.8) is 0 Å². The summed E-state index contributed by atoms with van der Waals surface area (Å²) in [7, 11) is 0. The van der Waals surface area contributed by atoms with Crippen molar-refractivity contribution in [3.05, 3.63) is 28.8 Å². The molecule has 2 aliphatic heterocycles. The van der Waals surface area contributed by atoms with Gasteiger partial charge in [0.05, 0.1) is 0 Å². The molecule has 1 N–H and O–H groups in total. The van der Waals surface area contributed by atoms with Crippen molar-refractivity contribution < 1.29 is 19.4 Å².